The molecule has 0 aliphatic heterocycles. The van der Waals surface area contributed by atoms with Crippen LogP contribution >= 0.6 is 0 Å². The Bertz CT molecular complexity index is 637. The number of nitrogens with zero attached hydrogens (tertiary/aromatic N) is 2. The van der Waals surface area contributed by atoms with Crippen LogP contribution in [-0.2, 0) is 0 Å². The molecule has 19 heavy (non-hydrogen) atoms. The summed E-state index contributed by atoms with van der Waals surface area (Å²) in [6.07, 6.45) is 1.36. The topological polar surface area (TPSA) is 96.7 Å². The van der Waals surface area contributed by atoms with E-state index in [4.69, 9.17) is 5.73 Å². The first kappa shape index (κ1) is 12.8. The molecule has 0 bridgehead atoms. The fourth-order valence-corrected chi connectivity index (χ4v) is 1.53. The maximum absolute atomic E-state index is 11.8. The van der Waals surface area contributed by atoms with Gasteiger partial charge in [0.15, 0.2) is 5.69 Å². The van der Waals surface area contributed by atoms with Gasteiger partial charge in [0.05, 0.1) is 12.7 Å². The van der Waals surface area contributed by atoms with Gasteiger partial charge >= 0.3 is 0 Å². The number of carbonyl (C=O) groups is 1. The number of anilines is 1. The van der Waals surface area contributed by atoms with Gasteiger partial charge in [0.1, 0.15) is 0 Å². The van der Waals surface area contributed by atoms with Crippen molar-refractivity contribution in [3.8, 4) is 11.8 Å². The Morgan fingerprint density at radius 3 is 3.00 bits per heavy atom. The molecule has 0 saturated carbocycles. The van der Waals surface area contributed by atoms with E-state index in [0.29, 0.717) is 12.2 Å². The molecule has 1 aromatic heterocycles. The summed E-state index contributed by atoms with van der Waals surface area (Å²) in [6, 6.07) is 5.47. The quantitative estimate of drug-likeness (QED) is 0.687. The average molecular weight is 255 g/mol. The zero-order valence-corrected chi connectivity index (χ0v) is 10.4. The van der Waals surface area contributed by atoms with Crippen LogP contribution in [0, 0.1) is 18.8 Å². The molecule has 0 aliphatic rings. The number of nitrogens with two attached hydrogens (primary N) is 1. The predicted molar refractivity (Wildman–Crippen MR) is 71.4 cm³/mol. The second-order valence-corrected chi connectivity index (χ2v) is 3.84. The van der Waals surface area contributed by atoms with Crippen molar-refractivity contribution in [2.75, 3.05) is 11.9 Å². The highest BCUT2D eigenvalue weighted by Gasteiger charge is 2.09. The second kappa shape index (κ2) is 5.80. The molecule has 6 heteroatoms. The molecule has 2 aromatic rings. The summed E-state index contributed by atoms with van der Waals surface area (Å²) in [5.74, 6) is 5.45. The lowest BCUT2D eigenvalue weighted by Crippen LogP contribution is -2.12. The summed E-state index contributed by atoms with van der Waals surface area (Å²) in [5.41, 5.74) is 8.12. The van der Waals surface area contributed by atoms with Gasteiger partial charge < -0.3 is 11.1 Å². The molecule has 96 valence electrons. The highest BCUT2D eigenvalue weighted by molar-refractivity contribution is 6.02. The molecule has 0 atom stereocenters. The van der Waals surface area contributed by atoms with Crippen molar-refractivity contribution < 1.29 is 4.79 Å². The van der Waals surface area contributed by atoms with Gasteiger partial charge in [-0.1, -0.05) is 11.8 Å². The van der Waals surface area contributed by atoms with E-state index in [1.165, 1.54) is 6.20 Å². The maximum atomic E-state index is 11.8. The van der Waals surface area contributed by atoms with Crippen molar-refractivity contribution in [3.63, 3.8) is 0 Å². The van der Waals surface area contributed by atoms with Gasteiger partial charge in [0.25, 0.3) is 5.91 Å². The molecule has 2 rings (SSSR count). The Hall–Kier alpha value is -2.65. The zero-order valence-electron chi connectivity index (χ0n) is 10.4. The number of nitrogens with one attached hydrogen (secondary N) is 2. The second-order valence-electron chi connectivity index (χ2n) is 3.84. The molecule has 1 heterocycles. The molecule has 0 aliphatic carbocycles. The van der Waals surface area contributed by atoms with Crippen molar-refractivity contribution in [2.24, 2.45) is 5.73 Å². The monoisotopic (exact) mass is 255 g/mol. The summed E-state index contributed by atoms with van der Waals surface area (Å²) in [5, 5.41) is 12.4. The normalized spacial score (nSPS) is 9.58. The molecular weight excluding hydrogens is 242 g/mol. The summed E-state index contributed by atoms with van der Waals surface area (Å²) >= 11 is 0. The van der Waals surface area contributed by atoms with Crippen LogP contribution in [0.15, 0.2) is 24.4 Å². The van der Waals surface area contributed by atoms with E-state index >= 15 is 0 Å². The number of aromatic nitrogens is 3. The number of carbonyl (C=O) groups excluding carboxylic acids is 1. The average Bonchev–Trinajstić information content (AvgIpc) is 2.92. The van der Waals surface area contributed by atoms with E-state index in [9.17, 15) is 4.79 Å². The number of amides is 1. The smallest absolute Gasteiger partial charge is 0.277 e. The number of benzene rings is 1. The third-order valence-electron chi connectivity index (χ3n) is 2.46. The third kappa shape index (κ3) is 3.18. The summed E-state index contributed by atoms with van der Waals surface area (Å²) in [6.45, 7) is 2.25. The SMILES string of the molecule is Cc1cc(NC(=O)c2cn[nH]n2)ccc1C#CCN. The van der Waals surface area contributed by atoms with Crippen LogP contribution in [0.2, 0.25) is 0 Å². The minimum absolute atomic E-state index is 0.240. The molecule has 6 nitrogen and oxygen atoms in total. The van der Waals surface area contributed by atoms with Gasteiger partial charge in [-0.25, -0.2) is 0 Å². The lowest BCUT2D eigenvalue weighted by molar-refractivity contribution is 0.102. The van der Waals surface area contributed by atoms with Crippen LogP contribution in [0.5, 0.6) is 0 Å². The Morgan fingerprint density at radius 1 is 1.53 bits per heavy atom. The van der Waals surface area contributed by atoms with Crippen LogP contribution in [0.3, 0.4) is 0 Å². The molecule has 0 fully saturated rings. The number of aromatic amines is 1. The standard InChI is InChI=1S/C13H13N5O/c1-9-7-11(5-4-10(9)3-2-6-14)16-13(19)12-8-15-18-17-12/h4-5,7-8H,6,14H2,1H3,(H,16,19)(H,15,17,18). The summed E-state index contributed by atoms with van der Waals surface area (Å²) in [7, 11) is 0. The molecule has 0 radical (unpaired) electrons. The number of hydrogen-bond donors (Lipinski definition) is 3. The fourth-order valence-electron chi connectivity index (χ4n) is 1.53. The van der Waals surface area contributed by atoms with Gasteiger partial charge in [0.2, 0.25) is 0 Å². The first-order chi connectivity index (χ1) is 9.20. The van der Waals surface area contributed by atoms with Gasteiger partial charge in [0, 0.05) is 11.3 Å². The largest absolute Gasteiger partial charge is 0.321 e. The molecule has 4 N–H and O–H groups in total. The van der Waals surface area contributed by atoms with Gasteiger partial charge in [-0.3, -0.25) is 4.79 Å². The Kier molecular flexibility index (Phi) is 3.90. The van der Waals surface area contributed by atoms with E-state index in [-0.39, 0.29) is 11.6 Å². The predicted octanol–water partition coefficient (Wildman–Crippen LogP) is 0.676. The van der Waals surface area contributed by atoms with E-state index in [1.54, 1.807) is 6.07 Å². The lowest BCUT2D eigenvalue weighted by Gasteiger charge is -2.05. The van der Waals surface area contributed by atoms with Crippen molar-refractivity contribution in [1.82, 2.24) is 15.4 Å². The Balaban J connectivity index is 2.14. The maximum Gasteiger partial charge on any atom is 0.277 e. The Morgan fingerprint density at radius 2 is 2.37 bits per heavy atom. The van der Waals surface area contributed by atoms with Gasteiger partial charge in [-0.05, 0) is 30.7 Å². The zero-order chi connectivity index (χ0) is 13.7. The summed E-state index contributed by atoms with van der Waals surface area (Å²) < 4.78 is 0. The third-order valence-corrected chi connectivity index (χ3v) is 2.46. The van der Waals surface area contributed by atoms with Crippen molar-refractivity contribution in [2.45, 2.75) is 6.92 Å². The van der Waals surface area contributed by atoms with E-state index in [1.807, 2.05) is 19.1 Å². The minimum atomic E-state index is -0.311. The molecular formula is C13H13N5O. The lowest BCUT2D eigenvalue weighted by atomic mass is 10.1. The molecule has 1 amide bonds. The Labute approximate surface area is 110 Å². The van der Waals surface area contributed by atoms with E-state index in [2.05, 4.69) is 32.6 Å². The van der Waals surface area contributed by atoms with Crippen molar-refractivity contribution in [1.29, 1.82) is 0 Å². The highest BCUT2D eigenvalue weighted by atomic mass is 16.2. The molecule has 1 aromatic carbocycles. The molecule has 0 saturated heterocycles. The number of aryl methyl sites for hydroxylation is 1. The van der Waals surface area contributed by atoms with Crippen molar-refractivity contribution >= 4 is 11.6 Å². The van der Waals surface area contributed by atoms with Crippen molar-refractivity contribution in [3.05, 3.63) is 41.2 Å². The first-order valence-corrected chi connectivity index (χ1v) is 5.67. The van der Waals surface area contributed by atoms with Gasteiger partial charge in [-0.2, -0.15) is 15.4 Å². The minimum Gasteiger partial charge on any atom is -0.321 e. The van der Waals surface area contributed by atoms with E-state index < -0.39 is 0 Å². The number of H-pyrrole nitrogens is 1. The van der Waals surface area contributed by atoms with Crippen LogP contribution in [-0.4, -0.2) is 27.9 Å². The number of hydrogen-bond acceptors (Lipinski definition) is 4. The van der Waals surface area contributed by atoms with Crippen LogP contribution in [0.1, 0.15) is 21.6 Å². The summed E-state index contributed by atoms with van der Waals surface area (Å²) in [4.78, 5) is 11.8. The fraction of sp³-hybridized carbons (Fsp3) is 0.154. The van der Waals surface area contributed by atoms with Crippen LogP contribution in [0.4, 0.5) is 5.69 Å². The first-order valence-electron chi connectivity index (χ1n) is 5.67. The van der Waals surface area contributed by atoms with E-state index in [0.717, 1.165) is 11.1 Å². The molecule has 0 spiro atoms. The highest BCUT2D eigenvalue weighted by Crippen LogP contribution is 2.15. The van der Waals surface area contributed by atoms with Gasteiger partial charge in [-0.15, -0.1) is 0 Å². The van der Waals surface area contributed by atoms with Crippen LogP contribution < -0.4 is 11.1 Å². The number of rotatable bonds is 2. The van der Waals surface area contributed by atoms with Crippen LogP contribution in [0.25, 0.3) is 0 Å². The molecule has 0 unspecified atom stereocenters.